The highest BCUT2D eigenvalue weighted by atomic mass is 16.5. The number of nitrogens with zero attached hydrogens (tertiary/aromatic N) is 2. The van der Waals surface area contributed by atoms with Crippen molar-refractivity contribution < 1.29 is 9.53 Å². The molecule has 0 saturated carbocycles. The summed E-state index contributed by atoms with van der Waals surface area (Å²) >= 11 is 0. The van der Waals surface area contributed by atoms with Crippen molar-refractivity contribution in [3.63, 3.8) is 0 Å². The van der Waals surface area contributed by atoms with Gasteiger partial charge in [-0.3, -0.25) is 9.69 Å². The Balaban J connectivity index is 1.68. The van der Waals surface area contributed by atoms with Gasteiger partial charge in [0.15, 0.2) is 5.96 Å². The van der Waals surface area contributed by atoms with Crippen LogP contribution >= 0.6 is 0 Å². The molecule has 25 heavy (non-hydrogen) atoms. The number of hydrogen-bond acceptors (Lipinski definition) is 4. The number of carbonyl (C=O) groups excluding carboxylic acids is 1. The predicted molar refractivity (Wildman–Crippen MR) is 101 cm³/mol. The minimum Gasteiger partial charge on any atom is -0.379 e. The van der Waals surface area contributed by atoms with Gasteiger partial charge in [-0.15, -0.1) is 0 Å². The van der Waals surface area contributed by atoms with E-state index in [0.29, 0.717) is 5.96 Å². The Kier molecular flexibility index (Phi) is 8.79. The average Bonchev–Trinajstić information content (AvgIpc) is 2.65. The first-order chi connectivity index (χ1) is 12.3. The van der Waals surface area contributed by atoms with E-state index in [9.17, 15) is 4.79 Å². The largest absolute Gasteiger partial charge is 0.379 e. The van der Waals surface area contributed by atoms with Gasteiger partial charge in [0, 0.05) is 31.9 Å². The van der Waals surface area contributed by atoms with Gasteiger partial charge in [0.25, 0.3) is 0 Å². The van der Waals surface area contributed by atoms with Gasteiger partial charge in [-0.1, -0.05) is 18.2 Å². The monoisotopic (exact) mass is 347 g/mol. The SMILES string of the molecule is CCNC(=NCC(=O)Nc1ccccc1)NCCCN1CCOCC1. The molecule has 0 unspecified atom stereocenters. The van der Waals surface area contributed by atoms with E-state index in [4.69, 9.17) is 4.74 Å². The van der Waals surface area contributed by atoms with Gasteiger partial charge in [0.2, 0.25) is 5.91 Å². The van der Waals surface area contributed by atoms with Crippen LogP contribution < -0.4 is 16.0 Å². The van der Waals surface area contributed by atoms with Crippen molar-refractivity contribution >= 4 is 17.6 Å². The molecule has 3 N–H and O–H groups in total. The smallest absolute Gasteiger partial charge is 0.246 e. The van der Waals surface area contributed by atoms with Crippen molar-refractivity contribution in [3.8, 4) is 0 Å². The van der Waals surface area contributed by atoms with Crippen molar-refractivity contribution in [1.82, 2.24) is 15.5 Å². The lowest BCUT2D eigenvalue weighted by molar-refractivity contribution is -0.114. The maximum atomic E-state index is 12.0. The number of rotatable bonds is 8. The fraction of sp³-hybridized carbons (Fsp3) is 0.556. The third kappa shape index (κ3) is 8.00. The van der Waals surface area contributed by atoms with Gasteiger partial charge in [-0.05, 0) is 32.0 Å². The van der Waals surface area contributed by atoms with E-state index in [1.165, 1.54) is 0 Å². The average molecular weight is 347 g/mol. The topological polar surface area (TPSA) is 78.0 Å². The number of anilines is 1. The number of nitrogens with one attached hydrogen (secondary N) is 3. The molecule has 138 valence electrons. The number of carbonyl (C=O) groups is 1. The van der Waals surface area contributed by atoms with Crippen molar-refractivity contribution in [1.29, 1.82) is 0 Å². The molecule has 0 spiro atoms. The second kappa shape index (κ2) is 11.4. The number of guanidine groups is 1. The number of ether oxygens (including phenoxy) is 1. The van der Waals surface area contributed by atoms with Crippen LogP contribution in [0.4, 0.5) is 5.69 Å². The Bertz CT molecular complexity index is 530. The van der Waals surface area contributed by atoms with E-state index in [-0.39, 0.29) is 12.5 Å². The quantitative estimate of drug-likeness (QED) is 0.370. The lowest BCUT2D eigenvalue weighted by atomic mass is 10.3. The third-order valence-electron chi connectivity index (χ3n) is 3.83. The Labute approximate surface area is 149 Å². The fourth-order valence-corrected chi connectivity index (χ4v) is 2.55. The summed E-state index contributed by atoms with van der Waals surface area (Å²) in [6.07, 6.45) is 1.03. The second-order valence-electron chi connectivity index (χ2n) is 5.84. The number of para-hydroxylation sites is 1. The minimum absolute atomic E-state index is 0.0910. The van der Waals surface area contributed by atoms with Gasteiger partial charge in [-0.2, -0.15) is 0 Å². The molecule has 1 aromatic carbocycles. The molecule has 0 bridgehead atoms. The van der Waals surface area contributed by atoms with Crippen LogP contribution in [0.1, 0.15) is 13.3 Å². The molecule has 2 rings (SSSR count). The maximum Gasteiger partial charge on any atom is 0.246 e. The van der Waals surface area contributed by atoms with Crippen molar-refractivity contribution in [2.45, 2.75) is 13.3 Å². The van der Waals surface area contributed by atoms with E-state index in [1.54, 1.807) is 0 Å². The van der Waals surface area contributed by atoms with Gasteiger partial charge < -0.3 is 20.7 Å². The molecular formula is C18H29N5O2. The highest BCUT2D eigenvalue weighted by Crippen LogP contribution is 2.04. The first-order valence-corrected chi connectivity index (χ1v) is 8.95. The maximum absolute atomic E-state index is 12.0. The molecule has 1 amide bonds. The molecule has 1 fully saturated rings. The highest BCUT2D eigenvalue weighted by Gasteiger charge is 2.09. The van der Waals surface area contributed by atoms with Crippen LogP contribution in [-0.2, 0) is 9.53 Å². The molecule has 0 atom stereocenters. The number of morpholine rings is 1. The number of hydrogen-bond donors (Lipinski definition) is 3. The summed E-state index contributed by atoms with van der Waals surface area (Å²) in [5.41, 5.74) is 0.783. The molecule has 0 radical (unpaired) electrons. The van der Waals surface area contributed by atoms with E-state index in [1.807, 2.05) is 37.3 Å². The van der Waals surface area contributed by atoms with Gasteiger partial charge in [0.1, 0.15) is 6.54 Å². The molecule has 7 nitrogen and oxygen atoms in total. The molecule has 1 aliphatic rings. The van der Waals surface area contributed by atoms with E-state index < -0.39 is 0 Å². The minimum atomic E-state index is -0.128. The zero-order valence-corrected chi connectivity index (χ0v) is 15.0. The fourth-order valence-electron chi connectivity index (χ4n) is 2.55. The normalized spacial score (nSPS) is 15.6. The Morgan fingerprint density at radius 3 is 2.68 bits per heavy atom. The second-order valence-corrected chi connectivity index (χ2v) is 5.84. The molecule has 0 aromatic heterocycles. The molecule has 1 heterocycles. The Morgan fingerprint density at radius 1 is 1.20 bits per heavy atom. The molecule has 1 aromatic rings. The van der Waals surface area contributed by atoms with Crippen LogP contribution in [0.15, 0.2) is 35.3 Å². The number of benzene rings is 1. The van der Waals surface area contributed by atoms with E-state index in [0.717, 1.165) is 58.0 Å². The zero-order chi connectivity index (χ0) is 17.7. The lowest BCUT2D eigenvalue weighted by Gasteiger charge is -2.26. The zero-order valence-electron chi connectivity index (χ0n) is 15.0. The van der Waals surface area contributed by atoms with Crippen LogP contribution in [0.2, 0.25) is 0 Å². The standard InChI is InChI=1S/C18H29N5O2/c1-2-19-18(20-9-6-10-23-11-13-25-14-12-23)21-15-17(24)22-16-7-4-3-5-8-16/h3-5,7-8H,2,6,9-15H2,1H3,(H,22,24)(H2,19,20,21). The summed E-state index contributed by atoms with van der Waals surface area (Å²) in [4.78, 5) is 18.7. The lowest BCUT2D eigenvalue weighted by Crippen LogP contribution is -2.41. The summed E-state index contributed by atoms with van der Waals surface area (Å²) in [7, 11) is 0. The third-order valence-corrected chi connectivity index (χ3v) is 3.83. The number of amides is 1. The van der Waals surface area contributed by atoms with Crippen LogP contribution in [0.25, 0.3) is 0 Å². The van der Waals surface area contributed by atoms with Crippen LogP contribution in [0.5, 0.6) is 0 Å². The molecule has 1 saturated heterocycles. The summed E-state index contributed by atoms with van der Waals surface area (Å²) in [5, 5.41) is 9.28. The van der Waals surface area contributed by atoms with Crippen molar-refractivity contribution in [3.05, 3.63) is 30.3 Å². The predicted octanol–water partition coefficient (Wildman–Crippen LogP) is 0.902. The number of aliphatic imine (C=N–C) groups is 1. The van der Waals surface area contributed by atoms with Gasteiger partial charge in [0.05, 0.1) is 13.2 Å². The van der Waals surface area contributed by atoms with Crippen LogP contribution in [0, 0.1) is 0 Å². The first kappa shape index (κ1) is 19.2. The Morgan fingerprint density at radius 2 is 1.96 bits per heavy atom. The molecule has 7 heteroatoms. The summed E-state index contributed by atoms with van der Waals surface area (Å²) < 4.78 is 5.35. The van der Waals surface area contributed by atoms with Gasteiger partial charge in [-0.25, -0.2) is 4.99 Å². The van der Waals surface area contributed by atoms with E-state index >= 15 is 0 Å². The first-order valence-electron chi connectivity index (χ1n) is 8.95. The van der Waals surface area contributed by atoms with Crippen molar-refractivity contribution in [2.24, 2.45) is 4.99 Å². The summed E-state index contributed by atoms with van der Waals surface area (Å²) in [6.45, 7) is 8.40. The molecule has 1 aliphatic heterocycles. The summed E-state index contributed by atoms with van der Waals surface area (Å²) in [5.74, 6) is 0.546. The highest BCUT2D eigenvalue weighted by molar-refractivity contribution is 5.94. The molecular weight excluding hydrogens is 318 g/mol. The molecule has 0 aliphatic carbocycles. The van der Waals surface area contributed by atoms with E-state index in [2.05, 4.69) is 25.8 Å². The van der Waals surface area contributed by atoms with Crippen molar-refractivity contribution in [2.75, 3.05) is 57.8 Å². The van der Waals surface area contributed by atoms with Gasteiger partial charge >= 0.3 is 0 Å². The Hall–Kier alpha value is -2.12. The van der Waals surface area contributed by atoms with Crippen LogP contribution in [0.3, 0.4) is 0 Å². The summed E-state index contributed by atoms with van der Waals surface area (Å²) in [6, 6.07) is 9.41. The van der Waals surface area contributed by atoms with Crippen LogP contribution in [-0.4, -0.2) is 69.2 Å².